The van der Waals surface area contributed by atoms with Crippen LogP contribution in [0.3, 0.4) is 0 Å². The molecule has 0 aromatic rings. The maximum Gasteiger partial charge on any atom is 0.220 e. The van der Waals surface area contributed by atoms with Gasteiger partial charge in [-0.3, -0.25) is 4.79 Å². The van der Waals surface area contributed by atoms with Crippen molar-refractivity contribution in [2.24, 2.45) is 0 Å². The van der Waals surface area contributed by atoms with Crippen molar-refractivity contribution in [2.45, 2.75) is 388 Å². The minimum Gasteiger partial charge on any atom is -0.394 e. The Balaban J connectivity index is 1.27. The summed E-state index contributed by atoms with van der Waals surface area (Å²) in [6.45, 7) is 1.77. The van der Waals surface area contributed by atoms with Crippen LogP contribution in [0.4, 0.5) is 0 Å². The molecule has 91 heavy (non-hydrogen) atoms. The summed E-state index contributed by atoms with van der Waals surface area (Å²) in [7, 11) is 0. The summed E-state index contributed by atoms with van der Waals surface area (Å²) in [4.78, 5) is 13.4. The van der Waals surface area contributed by atoms with Crippen LogP contribution in [-0.2, 0) is 33.2 Å². The van der Waals surface area contributed by atoms with Crippen LogP contribution in [-0.4, -0.2) is 193 Å². The fraction of sp³-hybridized carbons (Fsp3) is 0.903. The molecule has 12 N–H and O–H groups in total. The van der Waals surface area contributed by atoms with Crippen LogP contribution in [0.1, 0.15) is 284 Å². The van der Waals surface area contributed by atoms with Gasteiger partial charge in [0.15, 0.2) is 18.9 Å². The predicted octanol–water partition coefficient (Wildman–Crippen LogP) is 10.4. The first-order chi connectivity index (χ1) is 44.3. The summed E-state index contributed by atoms with van der Waals surface area (Å²) < 4.78 is 34.3. The Labute approximate surface area is 549 Å². The number of hydrogen-bond donors (Lipinski definition) is 12. The van der Waals surface area contributed by atoms with E-state index >= 15 is 0 Å². The molecule has 1 amide bonds. The smallest absolute Gasteiger partial charge is 0.220 e. The quantitative estimate of drug-likeness (QED) is 0.0199. The van der Waals surface area contributed by atoms with E-state index in [0.717, 1.165) is 57.8 Å². The van der Waals surface area contributed by atoms with Gasteiger partial charge in [0.1, 0.15) is 73.2 Å². The minimum absolute atomic E-state index is 0.241. The van der Waals surface area contributed by atoms with Crippen molar-refractivity contribution in [1.29, 1.82) is 0 Å². The van der Waals surface area contributed by atoms with Crippen molar-refractivity contribution in [3.8, 4) is 0 Å². The van der Waals surface area contributed by atoms with Crippen molar-refractivity contribution in [2.75, 3.05) is 26.4 Å². The molecule has 3 aliphatic rings. The molecular weight excluding hydrogens is 1170 g/mol. The second-order valence-corrected chi connectivity index (χ2v) is 26.4. The summed E-state index contributed by atoms with van der Waals surface area (Å²) >= 11 is 0. The molecule has 3 heterocycles. The molecule has 0 aliphatic carbocycles. The largest absolute Gasteiger partial charge is 0.394 e. The Bertz CT molecular complexity index is 1790. The van der Waals surface area contributed by atoms with Gasteiger partial charge in [0, 0.05) is 6.42 Å². The molecule has 3 aliphatic heterocycles. The van der Waals surface area contributed by atoms with Crippen molar-refractivity contribution in [3.63, 3.8) is 0 Å². The number of carbonyl (C=O) groups is 1. The molecule has 0 aromatic heterocycles. The van der Waals surface area contributed by atoms with E-state index in [2.05, 4.69) is 55.6 Å². The lowest BCUT2D eigenvalue weighted by molar-refractivity contribution is -0.379. The van der Waals surface area contributed by atoms with Gasteiger partial charge < -0.3 is 89.9 Å². The van der Waals surface area contributed by atoms with Gasteiger partial charge in [0.05, 0.1) is 38.6 Å². The molecule has 3 saturated heterocycles. The van der Waals surface area contributed by atoms with Gasteiger partial charge in [-0.15, -0.1) is 0 Å². The van der Waals surface area contributed by atoms with E-state index in [4.69, 9.17) is 28.4 Å². The Kier molecular flexibility index (Phi) is 49.5. The van der Waals surface area contributed by atoms with Crippen molar-refractivity contribution in [1.82, 2.24) is 5.32 Å². The third-order valence-corrected chi connectivity index (χ3v) is 18.5. The lowest BCUT2D eigenvalue weighted by atomic mass is 9.96. The zero-order chi connectivity index (χ0) is 66.1. The van der Waals surface area contributed by atoms with Gasteiger partial charge in [-0.25, -0.2) is 0 Å². The monoisotopic (exact) mass is 1300 g/mol. The number of ether oxygens (including phenoxy) is 6. The molecule has 534 valence electrons. The highest BCUT2D eigenvalue weighted by atomic mass is 16.8. The van der Waals surface area contributed by atoms with E-state index in [1.807, 2.05) is 0 Å². The molecule has 0 spiro atoms. The lowest BCUT2D eigenvalue weighted by Gasteiger charge is -2.48. The summed E-state index contributed by atoms with van der Waals surface area (Å²) in [5.41, 5.74) is 0. The van der Waals surface area contributed by atoms with Crippen molar-refractivity contribution >= 4 is 5.91 Å². The Morgan fingerprint density at radius 2 is 0.725 bits per heavy atom. The van der Waals surface area contributed by atoms with Gasteiger partial charge in [-0.1, -0.05) is 262 Å². The zero-order valence-corrected chi connectivity index (χ0v) is 56.6. The lowest BCUT2D eigenvalue weighted by Crippen LogP contribution is -2.66. The van der Waals surface area contributed by atoms with Gasteiger partial charge in [0.25, 0.3) is 0 Å². The first-order valence-corrected chi connectivity index (χ1v) is 36.7. The number of hydrogen-bond acceptors (Lipinski definition) is 18. The van der Waals surface area contributed by atoms with Crippen LogP contribution in [0.15, 0.2) is 36.5 Å². The van der Waals surface area contributed by atoms with Gasteiger partial charge >= 0.3 is 0 Å². The second kappa shape index (κ2) is 54.1. The molecule has 3 rings (SSSR count). The van der Waals surface area contributed by atoms with Crippen LogP contribution >= 0.6 is 0 Å². The maximum absolute atomic E-state index is 13.4. The standard InChI is InChI=1S/C72H133NO18/c1-3-5-7-9-11-13-14-15-16-17-18-19-20-21-22-23-24-25-26-27-28-29-30-31-32-33-34-35-36-37-38-39-40-42-44-46-48-50-60(78)73-55(56(77)49-47-45-43-41-12-10-8-6-4-2)54-86-70-66(84)63(81)68(58(52-75)88-70)91-72-67(85)64(82)69(59(53-76)89-72)90-71-65(83)62(80)61(79)57(51-74)87-71/h14-15,17-18,20-21,55-59,61-72,74-77,79-85H,3-13,16,19,22-54H2,1-2H3,(H,73,78)/b15-14-,18-17-,21-20-. The van der Waals surface area contributed by atoms with Crippen LogP contribution in [0.25, 0.3) is 0 Å². The Morgan fingerprint density at radius 3 is 1.13 bits per heavy atom. The second-order valence-electron chi connectivity index (χ2n) is 26.4. The van der Waals surface area contributed by atoms with Crippen LogP contribution in [0.2, 0.25) is 0 Å². The fourth-order valence-corrected chi connectivity index (χ4v) is 12.5. The summed E-state index contributed by atoms with van der Waals surface area (Å²) in [6.07, 6.45) is 37.1. The zero-order valence-electron chi connectivity index (χ0n) is 56.6. The number of allylic oxidation sites excluding steroid dienone is 6. The summed E-state index contributed by atoms with van der Waals surface area (Å²) in [5.74, 6) is -0.241. The normalized spacial score (nSPS) is 28.0. The summed E-state index contributed by atoms with van der Waals surface area (Å²) in [6, 6.07) is -0.883. The van der Waals surface area contributed by atoms with Crippen LogP contribution in [0, 0.1) is 0 Å². The van der Waals surface area contributed by atoms with Crippen molar-refractivity contribution in [3.05, 3.63) is 36.5 Å². The number of carbonyl (C=O) groups excluding carboxylic acids is 1. The maximum atomic E-state index is 13.4. The van der Waals surface area contributed by atoms with E-state index < -0.39 is 124 Å². The van der Waals surface area contributed by atoms with E-state index in [-0.39, 0.29) is 18.9 Å². The highest BCUT2D eigenvalue weighted by molar-refractivity contribution is 5.76. The number of amides is 1. The SMILES string of the molecule is CCCCCCC/C=C\C/C=C\C/C=C\CCCCCCCCCCCCCCCCCCCCCCCCC(=O)NC(COC1OC(CO)C(OC2OC(CO)C(OC3OC(CO)C(O)C(O)C3O)C(O)C2O)C(O)C1O)C(O)CCCCCCCCCCC. The first-order valence-electron chi connectivity index (χ1n) is 36.7. The van der Waals surface area contributed by atoms with E-state index in [1.54, 1.807) is 0 Å². The molecule has 0 aromatic carbocycles. The van der Waals surface area contributed by atoms with Gasteiger partial charge in [-0.05, 0) is 51.4 Å². The minimum atomic E-state index is -1.97. The molecular formula is C72H133NO18. The number of unbranched alkanes of at least 4 members (excludes halogenated alkanes) is 35. The number of rotatable bonds is 57. The molecule has 19 heteroatoms. The van der Waals surface area contributed by atoms with E-state index in [9.17, 15) is 61.0 Å². The van der Waals surface area contributed by atoms with Crippen LogP contribution in [0.5, 0.6) is 0 Å². The number of aliphatic hydroxyl groups excluding tert-OH is 11. The molecule has 17 atom stereocenters. The average Bonchev–Trinajstić information content (AvgIpc) is 0.826. The van der Waals surface area contributed by atoms with E-state index in [0.29, 0.717) is 12.8 Å². The van der Waals surface area contributed by atoms with Gasteiger partial charge in [0.2, 0.25) is 5.91 Å². The van der Waals surface area contributed by atoms with Crippen molar-refractivity contribution < 1.29 is 89.4 Å². The predicted molar refractivity (Wildman–Crippen MR) is 356 cm³/mol. The van der Waals surface area contributed by atoms with Gasteiger partial charge in [-0.2, -0.15) is 0 Å². The topological polar surface area (TPSA) is 307 Å². The summed E-state index contributed by atoms with van der Waals surface area (Å²) in [5, 5.41) is 120. The fourth-order valence-electron chi connectivity index (χ4n) is 12.5. The molecule has 0 saturated carbocycles. The van der Waals surface area contributed by atoms with E-state index in [1.165, 1.54) is 193 Å². The molecule has 0 bridgehead atoms. The molecule has 17 unspecified atom stereocenters. The highest BCUT2D eigenvalue weighted by Crippen LogP contribution is 2.33. The van der Waals surface area contributed by atoms with Crippen LogP contribution < -0.4 is 5.32 Å². The highest BCUT2D eigenvalue weighted by Gasteiger charge is 2.53. The Morgan fingerprint density at radius 1 is 0.396 bits per heavy atom. The molecule has 0 radical (unpaired) electrons. The number of aliphatic hydroxyl groups is 11. The number of nitrogens with one attached hydrogen (secondary N) is 1. The average molecular weight is 1300 g/mol. The third-order valence-electron chi connectivity index (χ3n) is 18.5. The molecule has 19 nitrogen and oxygen atoms in total. The third kappa shape index (κ3) is 35.7. The first kappa shape index (κ1) is 83.2. The Hall–Kier alpha value is -1.99. The molecule has 3 fully saturated rings.